The smallest absolute Gasteiger partial charge is 0.125 e. The van der Waals surface area contributed by atoms with E-state index in [1.165, 1.54) is 16.7 Å². The van der Waals surface area contributed by atoms with Crippen molar-refractivity contribution in [2.75, 3.05) is 25.6 Å². The van der Waals surface area contributed by atoms with Gasteiger partial charge >= 0.3 is 0 Å². The predicted molar refractivity (Wildman–Crippen MR) is 82.5 cm³/mol. The average molecular weight is 280 g/mol. The summed E-state index contributed by atoms with van der Waals surface area (Å²) in [6, 6.07) is 4.36. The summed E-state index contributed by atoms with van der Waals surface area (Å²) in [5.41, 5.74) is 3.90. The normalized spacial score (nSPS) is 18.3. The van der Waals surface area contributed by atoms with Crippen LogP contribution >= 0.6 is 12.6 Å². The van der Waals surface area contributed by atoms with Crippen LogP contribution in [0.15, 0.2) is 12.1 Å². The molecule has 0 unspecified atom stereocenters. The van der Waals surface area contributed by atoms with Gasteiger partial charge < -0.3 is 9.47 Å². The lowest BCUT2D eigenvalue weighted by Crippen LogP contribution is -2.37. The maximum absolute atomic E-state index is 6.15. The predicted octanol–water partition coefficient (Wildman–Crippen LogP) is 3.72. The zero-order chi connectivity index (χ0) is 13.9. The molecule has 106 valence electrons. The van der Waals surface area contributed by atoms with Crippen LogP contribution in [-0.4, -0.2) is 25.6 Å². The fourth-order valence-electron chi connectivity index (χ4n) is 2.77. The quantitative estimate of drug-likeness (QED) is 0.847. The van der Waals surface area contributed by atoms with E-state index in [0.29, 0.717) is 0 Å². The molecule has 0 spiro atoms. The number of hydrogen-bond donors (Lipinski definition) is 1. The highest BCUT2D eigenvalue weighted by Crippen LogP contribution is 2.34. The molecular weight excluding hydrogens is 256 g/mol. The molecule has 1 aromatic rings. The van der Waals surface area contributed by atoms with Gasteiger partial charge in [0.15, 0.2) is 0 Å². The van der Waals surface area contributed by atoms with Crippen molar-refractivity contribution in [2.24, 2.45) is 5.41 Å². The van der Waals surface area contributed by atoms with Gasteiger partial charge in [-0.3, -0.25) is 0 Å². The third kappa shape index (κ3) is 3.46. The molecule has 0 atom stereocenters. The molecule has 1 aromatic carbocycles. The third-order valence-corrected chi connectivity index (χ3v) is 4.69. The second-order valence-electron chi connectivity index (χ2n) is 5.79. The lowest BCUT2D eigenvalue weighted by molar-refractivity contribution is 0.00288. The second-order valence-corrected chi connectivity index (χ2v) is 6.10. The molecule has 1 fully saturated rings. The number of aryl methyl sites for hydroxylation is 3. The Hall–Kier alpha value is -0.670. The van der Waals surface area contributed by atoms with Gasteiger partial charge in [0.25, 0.3) is 0 Å². The molecule has 1 aliphatic rings. The summed E-state index contributed by atoms with van der Waals surface area (Å²) >= 11 is 4.53. The van der Waals surface area contributed by atoms with Gasteiger partial charge in [0, 0.05) is 18.6 Å². The minimum absolute atomic E-state index is 0.172. The third-order valence-electron chi connectivity index (χ3n) is 4.02. The summed E-state index contributed by atoms with van der Waals surface area (Å²) < 4.78 is 11.6. The highest BCUT2D eigenvalue weighted by Gasteiger charge is 2.32. The van der Waals surface area contributed by atoms with Crippen molar-refractivity contribution < 1.29 is 9.47 Å². The van der Waals surface area contributed by atoms with Crippen LogP contribution < -0.4 is 4.74 Å². The Kier molecular flexibility index (Phi) is 4.80. The summed E-state index contributed by atoms with van der Waals surface area (Å²) in [5, 5.41) is 0. The Morgan fingerprint density at radius 1 is 1.16 bits per heavy atom. The average Bonchev–Trinajstić information content (AvgIpc) is 2.38. The molecule has 0 N–H and O–H groups in total. The first kappa shape index (κ1) is 14.7. The van der Waals surface area contributed by atoms with Crippen LogP contribution in [0.3, 0.4) is 0 Å². The SMILES string of the molecule is Cc1cc(C)c(OCC2(CS)CCOCC2)c(C)c1. The van der Waals surface area contributed by atoms with Gasteiger partial charge in [-0.05, 0) is 50.5 Å². The molecule has 2 nitrogen and oxygen atoms in total. The standard InChI is InChI=1S/C16H24O2S/c1-12-8-13(2)15(14(3)9-12)18-10-16(11-19)4-6-17-7-5-16/h8-9,19H,4-7,10-11H2,1-3H3. The number of thiol groups is 1. The fraction of sp³-hybridized carbons (Fsp3) is 0.625. The van der Waals surface area contributed by atoms with Crippen LogP contribution in [0.2, 0.25) is 0 Å². The summed E-state index contributed by atoms with van der Waals surface area (Å²) in [7, 11) is 0. The molecule has 1 saturated heterocycles. The van der Waals surface area contributed by atoms with Crippen LogP contribution in [0.5, 0.6) is 5.75 Å². The van der Waals surface area contributed by atoms with Crippen molar-refractivity contribution in [2.45, 2.75) is 33.6 Å². The first-order valence-corrected chi connectivity index (χ1v) is 7.59. The topological polar surface area (TPSA) is 18.5 Å². The fourth-order valence-corrected chi connectivity index (χ4v) is 3.18. The molecule has 1 aliphatic heterocycles. The molecular formula is C16H24O2S. The van der Waals surface area contributed by atoms with E-state index in [-0.39, 0.29) is 5.41 Å². The van der Waals surface area contributed by atoms with Crippen molar-refractivity contribution in [3.05, 3.63) is 28.8 Å². The van der Waals surface area contributed by atoms with E-state index >= 15 is 0 Å². The van der Waals surface area contributed by atoms with Gasteiger partial charge in [0.2, 0.25) is 0 Å². The van der Waals surface area contributed by atoms with Gasteiger partial charge in [-0.1, -0.05) is 17.7 Å². The van der Waals surface area contributed by atoms with E-state index in [1.54, 1.807) is 0 Å². The van der Waals surface area contributed by atoms with E-state index in [2.05, 4.69) is 45.5 Å². The monoisotopic (exact) mass is 280 g/mol. The second kappa shape index (κ2) is 6.19. The number of ether oxygens (including phenoxy) is 2. The summed E-state index contributed by atoms with van der Waals surface area (Å²) in [5.74, 6) is 1.90. The maximum Gasteiger partial charge on any atom is 0.125 e. The van der Waals surface area contributed by atoms with Crippen molar-refractivity contribution in [1.82, 2.24) is 0 Å². The minimum Gasteiger partial charge on any atom is -0.492 e. The lowest BCUT2D eigenvalue weighted by atomic mass is 9.83. The first-order valence-electron chi connectivity index (χ1n) is 6.96. The van der Waals surface area contributed by atoms with Gasteiger partial charge in [0.05, 0.1) is 6.61 Å². The molecule has 0 aromatic heterocycles. The number of hydrogen-bond acceptors (Lipinski definition) is 3. The van der Waals surface area contributed by atoms with Crippen LogP contribution in [0.25, 0.3) is 0 Å². The van der Waals surface area contributed by atoms with Gasteiger partial charge in [0.1, 0.15) is 5.75 Å². The highest BCUT2D eigenvalue weighted by molar-refractivity contribution is 7.80. The summed E-state index contributed by atoms with van der Waals surface area (Å²) in [4.78, 5) is 0. The molecule has 1 heterocycles. The van der Waals surface area contributed by atoms with Crippen molar-refractivity contribution >= 4 is 12.6 Å². The Morgan fingerprint density at radius 3 is 2.26 bits per heavy atom. The van der Waals surface area contributed by atoms with Crippen molar-refractivity contribution in [3.8, 4) is 5.75 Å². The van der Waals surface area contributed by atoms with Gasteiger partial charge in [-0.25, -0.2) is 0 Å². The molecule has 0 aliphatic carbocycles. The summed E-state index contributed by atoms with van der Waals surface area (Å²) in [6.45, 7) is 8.76. The first-order chi connectivity index (χ1) is 9.06. The zero-order valence-corrected chi connectivity index (χ0v) is 13.1. The largest absolute Gasteiger partial charge is 0.492 e. The molecule has 2 rings (SSSR count). The lowest BCUT2D eigenvalue weighted by Gasteiger charge is -2.35. The van der Waals surface area contributed by atoms with E-state index < -0.39 is 0 Å². The van der Waals surface area contributed by atoms with E-state index in [0.717, 1.165) is 44.2 Å². The number of rotatable bonds is 4. The Morgan fingerprint density at radius 2 is 1.74 bits per heavy atom. The Balaban J connectivity index is 2.09. The Labute approximate surface area is 121 Å². The molecule has 0 amide bonds. The molecule has 0 bridgehead atoms. The summed E-state index contributed by atoms with van der Waals surface area (Å²) in [6.07, 6.45) is 2.08. The van der Waals surface area contributed by atoms with E-state index in [1.807, 2.05) is 0 Å². The van der Waals surface area contributed by atoms with Crippen LogP contribution in [0.1, 0.15) is 29.5 Å². The van der Waals surface area contributed by atoms with Crippen molar-refractivity contribution in [3.63, 3.8) is 0 Å². The highest BCUT2D eigenvalue weighted by atomic mass is 32.1. The molecule has 0 saturated carbocycles. The van der Waals surface area contributed by atoms with Crippen molar-refractivity contribution in [1.29, 1.82) is 0 Å². The molecule has 19 heavy (non-hydrogen) atoms. The van der Waals surface area contributed by atoms with Crippen LogP contribution in [0.4, 0.5) is 0 Å². The number of benzene rings is 1. The molecule has 3 heteroatoms. The maximum atomic E-state index is 6.15. The molecule has 0 radical (unpaired) electrons. The zero-order valence-electron chi connectivity index (χ0n) is 12.2. The Bertz CT molecular complexity index is 413. The van der Waals surface area contributed by atoms with E-state index in [9.17, 15) is 0 Å². The minimum atomic E-state index is 0.172. The van der Waals surface area contributed by atoms with Gasteiger partial charge in [-0.15, -0.1) is 0 Å². The van der Waals surface area contributed by atoms with Crippen LogP contribution in [0, 0.1) is 26.2 Å². The van der Waals surface area contributed by atoms with Crippen LogP contribution in [-0.2, 0) is 4.74 Å². The van der Waals surface area contributed by atoms with E-state index in [4.69, 9.17) is 9.47 Å². The van der Waals surface area contributed by atoms with Gasteiger partial charge in [-0.2, -0.15) is 12.6 Å².